The van der Waals surface area contributed by atoms with Crippen LogP contribution in [0.15, 0.2) is 24.3 Å². The molecule has 122 valence electrons. The average molecular weight is 316 g/mol. The maximum atomic E-state index is 12.5. The van der Waals surface area contributed by atoms with E-state index in [4.69, 9.17) is 5.11 Å². The lowest BCUT2D eigenvalue weighted by atomic mass is 9.87. The Kier molecular flexibility index (Phi) is 4.07. The molecule has 2 atom stereocenters. The number of carboxylic acids is 1. The zero-order valence-corrected chi connectivity index (χ0v) is 13.1. The van der Waals surface area contributed by atoms with E-state index in [1.54, 1.807) is 15.9 Å². The van der Waals surface area contributed by atoms with E-state index in [-0.39, 0.29) is 24.3 Å². The molecule has 2 heterocycles. The number of likely N-dealkylation sites (tertiary alicyclic amines) is 1. The Morgan fingerprint density at radius 3 is 2.70 bits per heavy atom. The minimum absolute atomic E-state index is 0.0535. The van der Waals surface area contributed by atoms with E-state index in [9.17, 15) is 14.4 Å². The van der Waals surface area contributed by atoms with Gasteiger partial charge in [-0.2, -0.15) is 0 Å². The van der Waals surface area contributed by atoms with E-state index in [2.05, 4.69) is 0 Å². The molecule has 2 aliphatic rings. The van der Waals surface area contributed by atoms with Crippen molar-refractivity contribution in [2.75, 3.05) is 19.6 Å². The van der Waals surface area contributed by atoms with Crippen LogP contribution in [0.25, 0.3) is 0 Å². The Balaban J connectivity index is 1.61. The zero-order chi connectivity index (χ0) is 16.6. The summed E-state index contributed by atoms with van der Waals surface area (Å²) in [6.07, 6.45) is 0.469. The van der Waals surface area contributed by atoms with Gasteiger partial charge < -0.3 is 14.9 Å². The molecule has 6 heteroatoms. The van der Waals surface area contributed by atoms with Gasteiger partial charge in [-0.3, -0.25) is 14.4 Å². The molecule has 0 radical (unpaired) electrons. The van der Waals surface area contributed by atoms with Crippen molar-refractivity contribution in [3.8, 4) is 0 Å². The first-order valence-corrected chi connectivity index (χ1v) is 7.85. The quantitative estimate of drug-likeness (QED) is 0.909. The van der Waals surface area contributed by atoms with Crippen LogP contribution in [-0.4, -0.2) is 52.3 Å². The van der Waals surface area contributed by atoms with Gasteiger partial charge in [0.05, 0.1) is 5.92 Å². The zero-order valence-electron chi connectivity index (χ0n) is 13.1. The molecule has 2 aliphatic heterocycles. The van der Waals surface area contributed by atoms with E-state index in [0.29, 0.717) is 31.6 Å². The molecule has 1 saturated heterocycles. The molecule has 0 saturated carbocycles. The summed E-state index contributed by atoms with van der Waals surface area (Å²) in [7, 11) is 0. The van der Waals surface area contributed by atoms with Crippen LogP contribution < -0.4 is 0 Å². The fourth-order valence-corrected chi connectivity index (χ4v) is 3.44. The Morgan fingerprint density at radius 1 is 1.30 bits per heavy atom. The number of nitrogens with zero attached hydrogens (tertiary/aromatic N) is 2. The third-order valence-corrected chi connectivity index (χ3v) is 4.80. The molecule has 1 aromatic rings. The third kappa shape index (κ3) is 2.93. The number of benzene rings is 1. The molecular weight excluding hydrogens is 296 g/mol. The summed E-state index contributed by atoms with van der Waals surface area (Å²) >= 11 is 0. The van der Waals surface area contributed by atoms with Crippen LogP contribution in [0.4, 0.5) is 0 Å². The molecule has 2 unspecified atom stereocenters. The van der Waals surface area contributed by atoms with Gasteiger partial charge in [-0.25, -0.2) is 0 Å². The van der Waals surface area contributed by atoms with Crippen LogP contribution in [0.5, 0.6) is 0 Å². The first kappa shape index (κ1) is 15.5. The van der Waals surface area contributed by atoms with Gasteiger partial charge in [0, 0.05) is 25.2 Å². The van der Waals surface area contributed by atoms with Gasteiger partial charge in [0.1, 0.15) is 6.54 Å². The summed E-state index contributed by atoms with van der Waals surface area (Å²) in [6.45, 7) is 3.24. The minimum Gasteiger partial charge on any atom is -0.481 e. The molecule has 0 bridgehead atoms. The van der Waals surface area contributed by atoms with Gasteiger partial charge in [-0.05, 0) is 24.0 Å². The first-order chi connectivity index (χ1) is 11.0. The molecule has 1 N–H and O–H groups in total. The normalized spacial score (nSPS) is 23.8. The predicted molar refractivity (Wildman–Crippen MR) is 82.7 cm³/mol. The topological polar surface area (TPSA) is 77.9 Å². The van der Waals surface area contributed by atoms with Crippen LogP contribution in [0.3, 0.4) is 0 Å². The molecule has 2 amide bonds. The number of hydrogen-bond donors (Lipinski definition) is 1. The van der Waals surface area contributed by atoms with Gasteiger partial charge >= 0.3 is 5.97 Å². The van der Waals surface area contributed by atoms with Crippen molar-refractivity contribution in [2.45, 2.75) is 19.9 Å². The molecular formula is C17H20N2O4. The van der Waals surface area contributed by atoms with Crippen LogP contribution in [0.2, 0.25) is 0 Å². The molecule has 23 heavy (non-hydrogen) atoms. The lowest BCUT2D eigenvalue weighted by Crippen LogP contribution is -2.48. The summed E-state index contributed by atoms with van der Waals surface area (Å²) < 4.78 is 0. The van der Waals surface area contributed by atoms with Crippen molar-refractivity contribution in [3.63, 3.8) is 0 Å². The number of fused-ring (bicyclic) bond motifs is 1. The monoisotopic (exact) mass is 316 g/mol. The fourth-order valence-electron chi connectivity index (χ4n) is 3.44. The highest BCUT2D eigenvalue weighted by molar-refractivity contribution is 6.00. The second kappa shape index (κ2) is 6.02. The summed E-state index contributed by atoms with van der Waals surface area (Å²) in [4.78, 5) is 39.1. The Hall–Kier alpha value is -2.37. The number of hydrogen-bond acceptors (Lipinski definition) is 3. The maximum Gasteiger partial charge on any atom is 0.306 e. The highest BCUT2D eigenvalue weighted by Crippen LogP contribution is 2.25. The van der Waals surface area contributed by atoms with Crippen molar-refractivity contribution >= 4 is 17.8 Å². The van der Waals surface area contributed by atoms with Crippen LogP contribution in [0, 0.1) is 11.8 Å². The van der Waals surface area contributed by atoms with E-state index >= 15 is 0 Å². The minimum atomic E-state index is -0.797. The Labute approximate surface area is 134 Å². The van der Waals surface area contributed by atoms with Crippen molar-refractivity contribution in [3.05, 3.63) is 35.4 Å². The molecule has 3 rings (SSSR count). The predicted octanol–water partition coefficient (Wildman–Crippen LogP) is 1.21. The summed E-state index contributed by atoms with van der Waals surface area (Å²) in [5.41, 5.74) is 1.61. The SMILES string of the molecule is CC1CN(C(=O)CN2Cc3ccccc3C2=O)CCC1C(=O)O. The number of piperidine rings is 1. The average Bonchev–Trinajstić information content (AvgIpc) is 2.83. The smallest absolute Gasteiger partial charge is 0.306 e. The highest BCUT2D eigenvalue weighted by Gasteiger charge is 2.35. The van der Waals surface area contributed by atoms with E-state index in [1.807, 2.05) is 25.1 Å². The third-order valence-electron chi connectivity index (χ3n) is 4.80. The van der Waals surface area contributed by atoms with Gasteiger partial charge in [-0.1, -0.05) is 25.1 Å². The number of aliphatic carboxylic acids is 1. The number of carboxylic acid groups (broad SMARTS) is 1. The van der Waals surface area contributed by atoms with Gasteiger partial charge in [0.15, 0.2) is 0 Å². The number of rotatable bonds is 3. The Morgan fingerprint density at radius 2 is 2.04 bits per heavy atom. The highest BCUT2D eigenvalue weighted by atomic mass is 16.4. The maximum absolute atomic E-state index is 12.5. The van der Waals surface area contributed by atoms with Crippen LogP contribution in [0.1, 0.15) is 29.3 Å². The fraction of sp³-hybridized carbons (Fsp3) is 0.471. The molecule has 1 fully saturated rings. The van der Waals surface area contributed by atoms with E-state index < -0.39 is 11.9 Å². The standard InChI is InChI=1S/C17H20N2O4/c1-11-8-18(7-6-13(11)17(22)23)15(20)10-19-9-12-4-2-3-5-14(12)16(19)21/h2-5,11,13H,6-10H2,1H3,(H,22,23). The van der Waals surface area contributed by atoms with Gasteiger partial charge in [0.25, 0.3) is 5.91 Å². The Bertz CT molecular complexity index is 658. The number of carbonyl (C=O) groups excluding carboxylic acids is 2. The molecule has 0 aliphatic carbocycles. The lowest BCUT2D eigenvalue weighted by molar-refractivity contribution is -0.148. The van der Waals surface area contributed by atoms with Crippen molar-refractivity contribution in [1.29, 1.82) is 0 Å². The van der Waals surface area contributed by atoms with E-state index in [1.165, 1.54) is 0 Å². The molecule has 0 aromatic heterocycles. The molecule has 0 spiro atoms. The first-order valence-electron chi connectivity index (χ1n) is 7.85. The second-order valence-corrected chi connectivity index (χ2v) is 6.37. The van der Waals surface area contributed by atoms with Gasteiger partial charge in [-0.15, -0.1) is 0 Å². The molecule has 1 aromatic carbocycles. The second-order valence-electron chi connectivity index (χ2n) is 6.37. The van der Waals surface area contributed by atoms with Crippen molar-refractivity contribution in [1.82, 2.24) is 9.80 Å². The van der Waals surface area contributed by atoms with Crippen LogP contribution >= 0.6 is 0 Å². The van der Waals surface area contributed by atoms with Crippen molar-refractivity contribution < 1.29 is 19.5 Å². The lowest BCUT2D eigenvalue weighted by Gasteiger charge is -2.35. The summed E-state index contributed by atoms with van der Waals surface area (Å²) in [5, 5.41) is 9.14. The molecule has 6 nitrogen and oxygen atoms in total. The summed E-state index contributed by atoms with van der Waals surface area (Å²) in [6, 6.07) is 7.39. The van der Waals surface area contributed by atoms with Crippen LogP contribution in [-0.2, 0) is 16.1 Å². The van der Waals surface area contributed by atoms with Gasteiger partial charge in [0.2, 0.25) is 5.91 Å². The van der Waals surface area contributed by atoms with Crippen molar-refractivity contribution in [2.24, 2.45) is 11.8 Å². The number of carbonyl (C=O) groups is 3. The summed E-state index contributed by atoms with van der Waals surface area (Å²) in [5.74, 6) is -1.48. The number of amides is 2. The largest absolute Gasteiger partial charge is 0.481 e. The van der Waals surface area contributed by atoms with E-state index in [0.717, 1.165) is 5.56 Å².